The summed E-state index contributed by atoms with van der Waals surface area (Å²) in [5, 5.41) is 0. The van der Waals surface area contributed by atoms with E-state index >= 15 is 0 Å². The molecule has 28 heavy (non-hydrogen) atoms. The van der Waals surface area contributed by atoms with Gasteiger partial charge in [-0.15, -0.1) is 0 Å². The van der Waals surface area contributed by atoms with Crippen molar-refractivity contribution in [1.82, 2.24) is 4.90 Å². The summed E-state index contributed by atoms with van der Waals surface area (Å²) in [6.07, 6.45) is 0.352. The zero-order valence-corrected chi connectivity index (χ0v) is 16.1. The Kier molecular flexibility index (Phi) is 5.14. The third kappa shape index (κ3) is 3.65. The fourth-order valence-electron chi connectivity index (χ4n) is 3.57. The minimum absolute atomic E-state index is 0.123. The Morgan fingerprint density at radius 2 is 1.68 bits per heavy atom. The minimum atomic E-state index is 0.123. The number of rotatable bonds is 5. The van der Waals surface area contributed by atoms with Crippen LogP contribution in [0.2, 0.25) is 0 Å². The molecule has 0 aromatic heterocycles. The normalized spacial score (nSPS) is 15.5. The maximum atomic E-state index is 12.7. The molecule has 1 fully saturated rings. The Bertz CT molecular complexity index is 862. The van der Waals surface area contributed by atoms with Crippen molar-refractivity contribution < 1.29 is 23.7 Å². The summed E-state index contributed by atoms with van der Waals surface area (Å²) in [6.45, 7) is 3.24. The average molecular weight is 384 g/mol. The number of piperazine rings is 1. The Hall–Kier alpha value is -3.09. The van der Waals surface area contributed by atoms with Gasteiger partial charge in [-0.25, -0.2) is 0 Å². The minimum Gasteiger partial charge on any atom is -0.493 e. The topological polar surface area (TPSA) is 60.5 Å². The Balaban J connectivity index is 1.35. The van der Waals surface area contributed by atoms with Gasteiger partial charge < -0.3 is 28.7 Å². The van der Waals surface area contributed by atoms with Crippen molar-refractivity contribution in [3.05, 3.63) is 42.0 Å². The van der Waals surface area contributed by atoms with E-state index in [-0.39, 0.29) is 12.7 Å². The number of fused-ring (bicyclic) bond motifs is 1. The number of anilines is 1. The molecule has 0 radical (unpaired) electrons. The molecule has 2 aliphatic heterocycles. The van der Waals surface area contributed by atoms with Gasteiger partial charge in [-0.1, -0.05) is 6.07 Å². The number of ether oxygens (including phenoxy) is 4. The molecule has 0 atom stereocenters. The highest BCUT2D eigenvalue weighted by atomic mass is 16.7. The molecule has 4 rings (SSSR count). The Morgan fingerprint density at radius 3 is 2.43 bits per heavy atom. The number of benzene rings is 2. The molecule has 2 aliphatic rings. The number of methoxy groups -OCH3 is 2. The molecule has 0 bridgehead atoms. The van der Waals surface area contributed by atoms with Crippen LogP contribution in [0.3, 0.4) is 0 Å². The van der Waals surface area contributed by atoms with Gasteiger partial charge in [-0.05, 0) is 29.8 Å². The van der Waals surface area contributed by atoms with E-state index in [2.05, 4.69) is 4.90 Å². The van der Waals surface area contributed by atoms with Crippen LogP contribution < -0.4 is 23.8 Å². The van der Waals surface area contributed by atoms with Crippen LogP contribution in [0.15, 0.2) is 36.4 Å². The summed E-state index contributed by atoms with van der Waals surface area (Å²) in [6, 6.07) is 11.6. The van der Waals surface area contributed by atoms with Gasteiger partial charge >= 0.3 is 0 Å². The number of carbonyl (C=O) groups is 1. The lowest BCUT2D eigenvalue weighted by atomic mass is 10.1. The molecular formula is C21H24N2O5. The largest absolute Gasteiger partial charge is 0.493 e. The second-order valence-corrected chi connectivity index (χ2v) is 6.77. The van der Waals surface area contributed by atoms with Gasteiger partial charge in [0.25, 0.3) is 0 Å². The zero-order valence-electron chi connectivity index (χ0n) is 16.1. The van der Waals surface area contributed by atoms with E-state index < -0.39 is 0 Å². The molecule has 1 saturated heterocycles. The molecule has 0 spiro atoms. The predicted molar refractivity (Wildman–Crippen MR) is 105 cm³/mol. The first kappa shape index (κ1) is 18.3. The fraction of sp³-hybridized carbons (Fsp3) is 0.381. The number of hydrogen-bond acceptors (Lipinski definition) is 6. The monoisotopic (exact) mass is 384 g/mol. The maximum absolute atomic E-state index is 12.7. The standard InChI is InChI=1S/C21H24N2O5/c1-25-17-5-3-15(11-19(17)26-2)12-21(24)23-9-7-22(8-10-23)16-4-6-18-20(13-16)28-14-27-18/h3-6,11,13H,7-10,12,14H2,1-2H3. The Morgan fingerprint density at radius 1 is 0.929 bits per heavy atom. The second-order valence-electron chi connectivity index (χ2n) is 6.77. The van der Waals surface area contributed by atoms with Crippen molar-refractivity contribution in [2.75, 3.05) is 52.1 Å². The molecule has 2 heterocycles. The third-order valence-corrected chi connectivity index (χ3v) is 5.16. The first-order chi connectivity index (χ1) is 13.7. The van der Waals surface area contributed by atoms with Crippen molar-refractivity contribution in [2.24, 2.45) is 0 Å². The molecule has 0 aliphatic carbocycles. The molecule has 2 aromatic carbocycles. The number of carbonyl (C=O) groups excluding carboxylic acids is 1. The Labute approximate surface area is 164 Å². The average Bonchev–Trinajstić information content (AvgIpc) is 3.21. The van der Waals surface area contributed by atoms with E-state index in [1.165, 1.54) is 0 Å². The highest BCUT2D eigenvalue weighted by Crippen LogP contribution is 2.35. The van der Waals surface area contributed by atoms with Gasteiger partial charge in [-0.2, -0.15) is 0 Å². The molecule has 0 saturated carbocycles. The summed E-state index contributed by atoms with van der Waals surface area (Å²) in [7, 11) is 3.20. The lowest BCUT2D eigenvalue weighted by molar-refractivity contribution is -0.130. The van der Waals surface area contributed by atoms with Gasteiger partial charge in [0, 0.05) is 37.9 Å². The number of amides is 1. The third-order valence-electron chi connectivity index (χ3n) is 5.16. The maximum Gasteiger partial charge on any atom is 0.231 e. The highest BCUT2D eigenvalue weighted by Gasteiger charge is 2.23. The summed E-state index contributed by atoms with van der Waals surface area (Å²) < 4.78 is 21.4. The summed E-state index contributed by atoms with van der Waals surface area (Å²) in [5.74, 6) is 2.99. The van der Waals surface area contributed by atoms with Crippen molar-refractivity contribution in [2.45, 2.75) is 6.42 Å². The van der Waals surface area contributed by atoms with Crippen molar-refractivity contribution in [3.8, 4) is 23.0 Å². The van der Waals surface area contributed by atoms with Crippen molar-refractivity contribution in [1.29, 1.82) is 0 Å². The highest BCUT2D eigenvalue weighted by molar-refractivity contribution is 5.79. The molecule has 7 nitrogen and oxygen atoms in total. The van der Waals surface area contributed by atoms with E-state index in [1.807, 2.05) is 41.3 Å². The van der Waals surface area contributed by atoms with Crippen LogP contribution >= 0.6 is 0 Å². The molecule has 7 heteroatoms. The molecular weight excluding hydrogens is 360 g/mol. The first-order valence-electron chi connectivity index (χ1n) is 9.31. The fourth-order valence-corrected chi connectivity index (χ4v) is 3.57. The zero-order chi connectivity index (χ0) is 19.5. The van der Waals surface area contributed by atoms with E-state index in [0.717, 1.165) is 35.8 Å². The summed E-state index contributed by atoms with van der Waals surface area (Å²) >= 11 is 0. The van der Waals surface area contributed by atoms with Crippen LogP contribution in [0, 0.1) is 0 Å². The molecule has 148 valence electrons. The van der Waals surface area contributed by atoms with Crippen LogP contribution in [0.1, 0.15) is 5.56 Å². The van der Waals surface area contributed by atoms with E-state index in [0.29, 0.717) is 31.0 Å². The van der Waals surface area contributed by atoms with Crippen LogP contribution in [-0.2, 0) is 11.2 Å². The van der Waals surface area contributed by atoms with Gasteiger partial charge in [0.05, 0.1) is 20.6 Å². The molecule has 1 amide bonds. The van der Waals surface area contributed by atoms with Gasteiger partial charge in [0.15, 0.2) is 23.0 Å². The predicted octanol–water partition coefficient (Wildman–Crippen LogP) is 2.32. The summed E-state index contributed by atoms with van der Waals surface area (Å²) in [5.41, 5.74) is 2.01. The van der Waals surface area contributed by atoms with Crippen LogP contribution in [0.5, 0.6) is 23.0 Å². The number of hydrogen-bond donors (Lipinski definition) is 0. The van der Waals surface area contributed by atoms with E-state index in [4.69, 9.17) is 18.9 Å². The molecule has 0 unspecified atom stereocenters. The quantitative estimate of drug-likeness (QED) is 0.789. The molecule has 0 N–H and O–H groups in total. The van der Waals surface area contributed by atoms with E-state index in [1.54, 1.807) is 14.2 Å². The summed E-state index contributed by atoms with van der Waals surface area (Å²) in [4.78, 5) is 16.9. The lowest BCUT2D eigenvalue weighted by Gasteiger charge is -2.36. The second kappa shape index (κ2) is 7.88. The van der Waals surface area contributed by atoms with Crippen LogP contribution in [0.4, 0.5) is 5.69 Å². The lowest BCUT2D eigenvalue weighted by Crippen LogP contribution is -2.49. The van der Waals surface area contributed by atoms with E-state index in [9.17, 15) is 4.79 Å². The first-order valence-corrected chi connectivity index (χ1v) is 9.31. The van der Waals surface area contributed by atoms with Gasteiger partial charge in [-0.3, -0.25) is 4.79 Å². The smallest absolute Gasteiger partial charge is 0.231 e. The van der Waals surface area contributed by atoms with Crippen molar-refractivity contribution in [3.63, 3.8) is 0 Å². The number of nitrogens with zero attached hydrogens (tertiary/aromatic N) is 2. The van der Waals surface area contributed by atoms with Gasteiger partial charge in [0.2, 0.25) is 12.7 Å². The molecule has 2 aromatic rings. The van der Waals surface area contributed by atoms with Crippen molar-refractivity contribution >= 4 is 11.6 Å². The van der Waals surface area contributed by atoms with Crippen LogP contribution in [0.25, 0.3) is 0 Å². The van der Waals surface area contributed by atoms with Crippen LogP contribution in [-0.4, -0.2) is 58.0 Å². The van der Waals surface area contributed by atoms with Gasteiger partial charge in [0.1, 0.15) is 0 Å². The SMILES string of the molecule is COc1ccc(CC(=O)N2CCN(c3ccc4c(c3)OCO4)CC2)cc1OC.